The monoisotopic (exact) mass is 504 g/mol. The summed E-state index contributed by atoms with van der Waals surface area (Å²) in [4.78, 5) is 23.2. The molecular formula is C24H27Cl2FN6O. The number of halogens is 3. The van der Waals surface area contributed by atoms with Crippen LogP contribution < -0.4 is 10.6 Å². The third-order valence-electron chi connectivity index (χ3n) is 6.31. The Balaban J connectivity index is 1.40. The van der Waals surface area contributed by atoms with Crippen LogP contribution in [-0.4, -0.2) is 72.6 Å². The quantitative estimate of drug-likeness (QED) is 0.465. The van der Waals surface area contributed by atoms with Crippen molar-refractivity contribution in [2.45, 2.75) is 19.0 Å². The van der Waals surface area contributed by atoms with Crippen molar-refractivity contribution in [3.05, 3.63) is 63.9 Å². The Labute approximate surface area is 208 Å². The molecule has 10 heteroatoms. The van der Waals surface area contributed by atoms with Gasteiger partial charge in [-0.3, -0.25) is 20.1 Å². The minimum absolute atomic E-state index is 0.0281. The molecule has 4 rings (SSSR count). The number of nitrogens with zero attached hydrogens (tertiary/aromatic N) is 4. The molecule has 0 aliphatic carbocycles. The van der Waals surface area contributed by atoms with Crippen molar-refractivity contribution in [3.63, 3.8) is 0 Å². The zero-order valence-electron chi connectivity index (χ0n) is 18.7. The van der Waals surface area contributed by atoms with E-state index in [4.69, 9.17) is 34.3 Å². The van der Waals surface area contributed by atoms with Crippen molar-refractivity contribution in [3.8, 4) is 0 Å². The zero-order chi connectivity index (χ0) is 24.2. The molecule has 1 amide bonds. The second-order valence-electron chi connectivity index (χ2n) is 8.41. The number of piperazine rings is 1. The average molecular weight is 505 g/mol. The first-order valence-electron chi connectivity index (χ1n) is 11.2. The van der Waals surface area contributed by atoms with E-state index in [1.807, 2.05) is 23.1 Å². The maximum absolute atomic E-state index is 14.0. The number of anilines is 1. The summed E-state index contributed by atoms with van der Waals surface area (Å²) >= 11 is 12.4. The van der Waals surface area contributed by atoms with Crippen LogP contribution in [0.25, 0.3) is 0 Å². The van der Waals surface area contributed by atoms with Gasteiger partial charge >= 0.3 is 0 Å². The van der Waals surface area contributed by atoms with Crippen molar-refractivity contribution in [2.24, 2.45) is 10.7 Å². The number of hydrogen-bond acceptors (Lipinski definition) is 6. The summed E-state index contributed by atoms with van der Waals surface area (Å²) in [5.74, 6) is -0.497. The number of rotatable bonds is 6. The molecule has 180 valence electrons. The number of nitrogens with two attached hydrogens (primary N) is 1. The Kier molecular flexibility index (Phi) is 7.70. The Morgan fingerprint density at radius 1 is 1.09 bits per heavy atom. The standard InChI is InChI=1S/C24H27Cl2FN6O/c25-18-6-7-19(27)22(26)17(18)15-33-9-8-30-23(29)21(33)14-20(28)24(34)32-12-10-31(11-13-32)16-4-2-1-3-5-16/h1-7,21,28H,8-15H2,(H2,29,30). The van der Waals surface area contributed by atoms with E-state index in [9.17, 15) is 9.18 Å². The molecule has 1 unspecified atom stereocenters. The molecule has 7 nitrogen and oxygen atoms in total. The van der Waals surface area contributed by atoms with Crippen molar-refractivity contribution in [1.29, 1.82) is 5.41 Å². The van der Waals surface area contributed by atoms with Gasteiger partial charge < -0.3 is 15.5 Å². The number of amidine groups is 1. The summed E-state index contributed by atoms with van der Waals surface area (Å²) in [5, 5.41) is 8.83. The molecule has 1 atom stereocenters. The molecule has 0 radical (unpaired) electrons. The fourth-order valence-electron chi connectivity index (χ4n) is 4.37. The predicted molar refractivity (Wildman–Crippen MR) is 135 cm³/mol. The Hall–Kier alpha value is -2.68. The van der Waals surface area contributed by atoms with Crippen molar-refractivity contribution < 1.29 is 9.18 Å². The normalized spacial score (nSPS) is 19.1. The first-order valence-corrected chi connectivity index (χ1v) is 11.9. The van der Waals surface area contributed by atoms with E-state index >= 15 is 0 Å². The van der Waals surface area contributed by atoms with Crippen molar-refractivity contribution >= 4 is 46.3 Å². The van der Waals surface area contributed by atoms with Gasteiger partial charge in [-0.15, -0.1) is 0 Å². The average Bonchev–Trinajstić information content (AvgIpc) is 2.86. The fourth-order valence-corrected chi connectivity index (χ4v) is 4.86. The summed E-state index contributed by atoms with van der Waals surface area (Å²) in [6, 6.07) is 12.3. The van der Waals surface area contributed by atoms with Gasteiger partial charge in [-0.1, -0.05) is 41.4 Å². The minimum atomic E-state index is -0.547. The number of amides is 1. The Bertz CT molecular complexity index is 1090. The molecule has 2 aromatic carbocycles. The number of carbonyl (C=O) groups is 1. The van der Waals surface area contributed by atoms with Gasteiger partial charge in [0.25, 0.3) is 5.91 Å². The highest BCUT2D eigenvalue weighted by molar-refractivity contribution is 6.38. The highest BCUT2D eigenvalue weighted by Gasteiger charge is 2.32. The van der Waals surface area contributed by atoms with E-state index in [1.165, 1.54) is 12.1 Å². The van der Waals surface area contributed by atoms with E-state index in [1.54, 1.807) is 4.90 Å². The number of aliphatic imine (C=N–C) groups is 1. The molecule has 2 aromatic rings. The minimum Gasteiger partial charge on any atom is -0.386 e. The molecular weight excluding hydrogens is 478 g/mol. The van der Waals surface area contributed by atoms with Gasteiger partial charge in [0.05, 0.1) is 23.3 Å². The second kappa shape index (κ2) is 10.7. The second-order valence-corrected chi connectivity index (χ2v) is 9.20. The van der Waals surface area contributed by atoms with E-state index < -0.39 is 11.9 Å². The van der Waals surface area contributed by atoms with Gasteiger partial charge in [0.2, 0.25) is 0 Å². The third kappa shape index (κ3) is 5.35. The first kappa shape index (κ1) is 24.4. The zero-order valence-corrected chi connectivity index (χ0v) is 20.2. The van der Waals surface area contributed by atoms with Gasteiger partial charge in [-0.2, -0.15) is 0 Å². The van der Waals surface area contributed by atoms with E-state index in [2.05, 4.69) is 22.0 Å². The van der Waals surface area contributed by atoms with Gasteiger partial charge in [-0.05, 0) is 24.3 Å². The summed E-state index contributed by atoms with van der Waals surface area (Å²) in [7, 11) is 0. The molecule has 0 bridgehead atoms. The van der Waals surface area contributed by atoms with Crippen LogP contribution in [0.5, 0.6) is 0 Å². The lowest BCUT2D eigenvalue weighted by molar-refractivity contribution is -0.124. The molecule has 34 heavy (non-hydrogen) atoms. The maximum Gasteiger partial charge on any atom is 0.267 e. The van der Waals surface area contributed by atoms with Crippen molar-refractivity contribution in [2.75, 3.05) is 44.2 Å². The van der Waals surface area contributed by atoms with Crippen LogP contribution >= 0.6 is 23.2 Å². The van der Waals surface area contributed by atoms with Crippen LogP contribution in [0.3, 0.4) is 0 Å². The predicted octanol–water partition coefficient (Wildman–Crippen LogP) is 3.43. The number of carbonyl (C=O) groups excluding carboxylic acids is 1. The van der Waals surface area contributed by atoms with Crippen molar-refractivity contribution in [1.82, 2.24) is 9.80 Å². The summed E-state index contributed by atoms with van der Waals surface area (Å²) in [6.07, 6.45) is 0.109. The van der Waals surface area contributed by atoms with Crippen LogP contribution in [0.4, 0.5) is 10.1 Å². The lowest BCUT2D eigenvalue weighted by Gasteiger charge is -2.37. The highest BCUT2D eigenvalue weighted by atomic mass is 35.5. The van der Waals surface area contributed by atoms with E-state index in [0.717, 1.165) is 5.69 Å². The Morgan fingerprint density at radius 3 is 2.50 bits per heavy atom. The van der Waals surface area contributed by atoms with Crippen LogP contribution in [0.15, 0.2) is 47.5 Å². The largest absolute Gasteiger partial charge is 0.386 e. The molecule has 1 fully saturated rings. The third-order valence-corrected chi connectivity index (χ3v) is 7.07. The summed E-state index contributed by atoms with van der Waals surface area (Å²) in [6.45, 7) is 3.75. The molecule has 0 spiro atoms. The Morgan fingerprint density at radius 2 is 1.79 bits per heavy atom. The smallest absolute Gasteiger partial charge is 0.267 e. The van der Waals surface area contributed by atoms with Gasteiger partial charge in [-0.25, -0.2) is 4.39 Å². The van der Waals surface area contributed by atoms with Crippen LogP contribution in [-0.2, 0) is 11.3 Å². The molecule has 0 aromatic heterocycles. The highest BCUT2D eigenvalue weighted by Crippen LogP contribution is 2.30. The van der Waals surface area contributed by atoms with Gasteiger partial charge in [0, 0.05) is 62.0 Å². The summed E-state index contributed by atoms with van der Waals surface area (Å²) < 4.78 is 14.0. The SMILES string of the molecule is N=C(CC1C(N)=NCCN1Cc1c(Cl)ccc(F)c1Cl)C(=O)N1CCN(c2ccccc2)CC1. The number of nitrogens with one attached hydrogen (secondary N) is 1. The molecule has 2 aliphatic heterocycles. The number of hydrogen-bond donors (Lipinski definition) is 2. The first-order chi connectivity index (χ1) is 16.3. The van der Waals surface area contributed by atoms with Gasteiger partial charge in [0.15, 0.2) is 0 Å². The van der Waals surface area contributed by atoms with E-state index in [0.29, 0.717) is 55.7 Å². The molecule has 1 saturated heterocycles. The van der Waals surface area contributed by atoms with Crippen LogP contribution in [0, 0.1) is 11.2 Å². The van der Waals surface area contributed by atoms with Crippen LogP contribution in [0.2, 0.25) is 10.0 Å². The molecule has 3 N–H and O–H groups in total. The van der Waals surface area contributed by atoms with Crippen LogP contribution in [0.1, 0.15) is 12.0 Å². The lowest BCUT2D eigenvalue weighted by atomic mass is 10.0. The molecule has 2 aliphatic rings. The van der Waals surface area contributed by atoms with E-state index in [-0.39, 0.29) is 29.6 Å². The molecule has 2 heterocycles. The van der Waals surface area contributed by atoms with Gasteiger partial charge in [0.1, 0.15) is 11.7 Å². The summed E-state index contributed by atoms with van der Waals surface area (Å²) in [5.41, 5.74) is 7.73. The number of benzene rings is 2. The fraction of sp³-hybridized carbons (Fsp3) is 0.375. The lowest BCUT2D eigenvalue weighted by Crippen LogP contribution is -2.53. The maximum atomic E-state index is 14.0. The molecule has 0 saturated carbocycles. The number of para-hydroxylation sites is 1. The topological polar surface area (TPSA) is 89.0 Å².